The Kier molecular flexibility index (Phi) is 5.28. The molecule has 0 saturated carbocycles. The number of ether oxygens (including phenoxy) is 1. The molecule has 1 aliphatic rings. The second-order valence-electron chi connectivity index (χ2n) is 7.16. The van der Waals surface area contributed by atoms with Crippen molar-refractivity contribution in [1.29, 1.82) is 0 Å². The fourth-order valence-electron chi connectivity index (χ4n) is 4.06. The molecule has 0 spiro atoms. The maximum Gasteiger partial charge on any atom is 0.339 e. The number of hydrogen-bond acceptors (Lipinski definition) is 3. The molecule has 26 heavy (non-hydrogen) atoms. The molecule has 0 radical (unpaired) electrons. The van der Waals surface area contributed by atoms with Gasteiger partial charge in [0.2, 0.25) is 5.78 Å². The standard InChI is InChI=1S/C21H26N2O3/c1-12-18(21(25)26-4)13(2)23-19(12)20(24)14(3)22-17-11-7-9-15-8-5-6-10-16(15)17/h5-6,8,10,14,17,22-23H,7,9,11H2,1-4H3/p+1/t14-,17+/m1/s1. The third kappa shape index (κ3) is 3.31. The fourth-order valence-corrected chi connectivity index (χ4v) is 4.06. The van der Waals surface area contributed by atoms with Crippen LogP contribution in [0.15, 0.2) is 24.3 Å². The van der Waals surface area contributed by atoms with Crippen molar-refractivity contribution in [3.63, 3.8) is 0 Å². The molecule has 5 nitrogen and oxygen atoms in total. The van der Waals surface area contributed by atoms with Gasteiger partial charge in [0.25, 0.3) is 0 Å². The number of H-pyrrole nitrogens is 1. The van der Waals surface area contributed by atoms with Crippen LogP contribution < -0.4 is 5.32 Å². The Balaban J connectivity index is 1.81. The lowest BCUT2D eigenvalue weighted by molar-refractivity contribution is -0.713. The topological polar surface area (TPSA) is 75.8 Å². The number of fused-ring (bicyclic) bond motifs is 1. The number of carbonyl (C=O) groups is 2. The van der Waals surface area contributed by atoms with E-state index >= 15 is 0 Å². The minimum atomic E-state index is -0.409. The van der Waals surface area contributed by atoms with E-state index in [0.29, 0.717) is 28.6 Å². The van der Waals surface area contributed by atoms with Gasteiger partial charge in [0, 0.05) is 17.7 Å². The van der Waals surface area contributed by atoms with Gasteiger partial charge in [0.1, 0.15) is 12.1 Å². The highest BCUT2D eigenvalue weighted by molar-refractivity contribution is 6.03. The minimum absolute atomic E-state index is 0.0174. The quantitative estimate of drug-likeness (QED) is 0.639. The number of nitrogens with two attached hydrogens (primary N) is 1. The number of aromatic nitrogens is 1. The van der Waals surface area contributed by atoms with E-state index in [-0.39, 0.29) is 11.8 Å². The van der Waals surface area contributed by atoms with Crippen LogP contribution in [-0.4, -0.2) is 29.9 Å². The van der Waals surface area contributed by atoms with E-state index in [1.165, 1.54) is 18.2 Å². The summed E-state index contributed by atoms with van der Waals surface area (Å²) in [5.74, 6) is -0.392. The lowest BCUT2D eigenvalue weighted by atomic mass is 9.87. The first-order chi connectivity index (χ1) is 12.4. The molecule has 2 aromatic rings. The molecule has 3 N–H and O–H groups in total. The normalized spacial score (nSPS) is 17.5. The van der Waals surface area contributed by atoms with Crippen molar-refractivity contribution in [3.05, 3.63) is 57.9 Å². The number of rotatable bonds is 5. The third-order valence-corrected chi connectivity index (χ3v) is 5.42. The maximum atomic E-state index is 13.0. The number of aryl methyl sites for hydroxylation is 2. The average Bonchev–Trinajstić information content (AvgIpc) is 2.95. The third-order valence-electron chi connectivity index (χ3n) is 5.42. The molecule has 2 atom stereocenters. The Labute approximate surface area is 154 Å². The van der Waals surface area contributed by atoms with Crippen LogP contribution >= 0.6 is 0 Å². The van der Waals surface area contributed by atoms with Crippen LogP contribution in [0.3, 0.4) is 0 Å². The molecule has 0 amide bonds. The fraction of sp³-hybridized carbons (Fsp3) is 0.429. The Morgan fingerprint density at radius 2 is 2.00 bits per heavy atom. The number of hydrogen-bond donors (Lipinski definition) is 2. The second kappa shape index (κ2) is 7.46. The Morgan fingerprint density at radius 3 is 2.73 bits per heavy atom. The lowest BCUT2D eigenvalue weighted by Gasteiger charge is -2.25. The first-order valence-electron chi connectivity index (χ1n) is 9.18. The van der Waals surface area contributed by atoms with Crippen LogP contribution in [-0.2, 0) is 11.2 Å². The van der Waals surface area contributed by atoms with Gasteiger partial charge in [-0.3, -0.25) is 4.79 Å². The number of Topliss-reactive ketones (excluding diaryl/α,β-unsaturated/α-hetero) is 1. The highest BCUT2D eigenvalue weighted by Gasteiger charge is 2.31. The molecule has 5 heteroatoms. The minimum Gasteiger partial charge on any atom is -0.465 e. The molecule has 0 fully saturated rings. The Hall–Kier alpha value is -2.40. The number of ketones is 1. The predicted molar refractivity (Wildman–Crippen MR) is 99.4 cm³/mol. The van der Waals surface area contributed by atoms with E-state index < -0.39 is 5.97 Å². The summed E-state index contributed by atoms with van der Waals surface area (Å²) >= 11 is 0. The van der Waals surface area contributed by atoms with Crippen LogP contribution in [0.1, 0.15) is 69.0 Å². The Morgan fingerprint density at radius 1 is 1.27 bits per heavy atom. The second-order valence-corrected chi connectivity index (χ2v) is 7.16. The summed E-state index contributed by atoms with van der Waals surface area (Å²) in [7, 11) is 1.35. The van der Waals surface area contributed by atoms with Gasteiger partial charge in [-0.1, -0.05) is 24.3 Å². The van der Waals surface area contributed by atoms with E-state index in [2.05, 4.69) is 34.6 Å². The zero-order valence-electron chi connectivity index (χ0n) is 15.9. The number of benzene rings is 1. The highest BCUT2D eigenvalue weighted by atomic mass is 16.5. The largest absolute Gasteiger partial charge is 0.465 e. The molecule has 1 aromatic heterocycles. The highest BCUT2D eigenvalue weighted by Crippen LogP contribution is 2.27. The van der Waals surface area contributed by atoms with Crippen LogP contribution in [0.2, 0.25) is 0 Å². The first kappa shape index (κ1) is 18.4. The summed E-state index contributed by atoms with van der Waals surface area (Å²) in [6.45, 7) is 5.53. The van der Waals surface area contributed by atoms with Gasteiger partial charge in [0.15, 0.2) is 0 Å². The smallest absolute Gasteiger partial charge is 0.339 e. The van der Waals surface area contributed by atoms with Crippen molar-refractivity contribution < 1.29 is 19.6 Å². The van der Waals surface area contributed by atoms with Gasteiger partial charge in [-0.15, -0.1) is 0 Å². The van der Waals surface area contributed by atoms with Crippen LogP contribution in [0.5, 0.6) is 0 Å². The van der Waals surface area contributed by atoms with E-state index in [1.54, 1.807) is 13.8 Å². The predicted octanol–water partition coefficient (Wildman–Crippen LogP) is 2.63. The van der Waals surface area contributed by atoms with E-state index in [0.717, 1.165) is 19.3 Å². The van der Waals surface area contributed by atoms with Crippen molar-refractivity contribution >= 4 is 11.8 Å². The molecule has 138 valence electrons. The molecular weight excluding hydrogens is 328 g/mol. The lowest BCUT2D eigenvalue weighted by Crippen LogP contribution is -2.92. The molecule has 0 bridgehead atoms. The maximum absolute atomic E-state index is 13.0. The number of carbonyl (C=O) groups excluding carboxylic acids is 2. The summed E-state index contributed by atoms with van der Waals surface area (Å²) in [5, 5.41) is 2.16. The summed E-state index contributed by atoms with van der Waals surface area (Å²) < 4.78 is 4.83. The van der Waals surface area contributed by atoms with E-state index in [1.807, 2.05) is 6.92 Å². The average molecular weight is 355 g/mol. The number of aromatic amines is 1. The van der Waals surface area contributed by atoms with Gasteiger partial charge in [-0.2, -0.15) is 0 Å². The SMILES string of the molecule is COC(=O)c1c(C)[nH]c(C(=O)[C@@H](C)[NH2+][C@H]2CCCc3ccccc32)c1C. The molecule has 0 aliphatic heterocycles. The first-order valence-corrected chi connectivity index (χ1v) is 9.18. The molecule has 0 saturated heterocycles. The van der Waals surface area contributed by atoms with E-state index in [9.17, 15) is 9.59 Å². The summed E-state index contributed by atoms with van der Waals surface area (Å²) in [5.41, 5.74) is 5.05. The number of quaternary nitrogens is 1. The van der Waals surface area contributed by atoms with Gasteiger partial charge < -0.3 is 15.0 Å². The molecule has 1 aliphatic carbocycles. The van der Waals surface area contributed by atoms with Gasteiger partial charge in [-0.25, -0.2) is 4.79 Å². The van der Waals surface area contributed by atoms with Crippen molar-refractivity contribution in [2.45, 2.75) is 52.1 Å². The monoisotopic (exact) mass is 355 g/mol. The van der Waals surface area contributed by atoms with Crippen molar-refractivity contribution in [3.8, 4) is 0 Å². The van der Waals surface area contributed by atoms with Crippen molar-refractivity contribution in [2.75, 3.05) is 7.11 Å². The summed E-state index contributed by atoms with van der Waals surface area (Å²) in [6.07, 6.45) is 3.33. The zero-order valence-corrected chi connectivity index (χ0v) is 15.9. The number of esters is 1. The van der Waals surface area contributed by atoms with Crippen molar-refractivity contribution in [2.24, 2.45) is 0 Å². The summed E-state index contributed by atoms with van der Waals surface area (Å²) in [6, 6.07) is 8.58. The van der Waals surface area contributed by atoms with Crippen LogP contribution in [0, 0.1) is 13.8 Å². The molecular formula is C21H27N2O3+. The van der Waals surface area contributed by atoms with Crippen LogP contribution in [0.25, 0.3) is 0 Å². The van der Waals surface area contributed by atoms with E-state index in [4.69, 9.17) is 4.74 Å². The van der Waals surface area contributed by atoms with Crippen molar-refractivity contribution in [1.82, 2.24) is 4.98 Å². The zero-order chi connectivity index (χ0) is 18.8. The number of methoxy groups -OCH3 is 1. The number of nitrogens with one attached hydrogen (secondary N) is 1. The molecule has 1 heterocycles. The van der Waals surface area contributed by atoms with Crippen LogP contribution in [0.4, 0.5) is 0 Å². The van der Waals surface area contributed by atoms with Gasteiger partial charge >= 0.3 is 5.97 Å². The molecule has 1 aromatic carbocycles. The molecule has 3 rings (SSSR count). The van der Waals surface area contributed by atoms with Gasteiger partial charge in [0.05, 0.1) is 18.4 Å². The Bertz CT molecular complexity index is 838. The van der Waals surface area contributed by atoms with Gasteiger partial charge in [-0.05, 0) is 44.7 Å². The molecule has 0 unspecified atom stereocenters. The summed E-state index contributed by atoms with van der Waals surface area (Å²) in [4.78, 5) is 28.1.